The number of nitrogens with one attached hydrogen (secondary N) is 1. The molecule has 3 aliphatic rings. The fraction of sp³-hybridized carbons (Fsp3) is 0.826. The Bertz CT molecular complexity index is 751. The number of ether oxygens (including phenoxy) is 3. The maximum atomic E-state index is 11.7. The largest absolute Gasteiger partial charge is 0.391 e. The summed E-state index contributed by atoms with van der Waals surface area (Å²) in [6.45, 7) is 3.73. The average Bonchev–Trinajstić information content (AvgIpc) is 3.26. The van der Waals surface area contributed by atoms with E-state index in [1.54, 1.807) is 18.4 Å². The smallest absolute Gasteiger partial charge is 0.248 e. The number of likely N-dealkylation sites (N-methyl/N-ethyl adjacent to an activating group) is 1. The van der Waals surface area contributed by atoms with Gasteiger partial charge < -0.3 is 40.0 Å². The molecule has 32 heavy (non-hydrogen) atoms. The van der Waals surface area contributed by atoms with Crippen molar-refractivity contribution in [3.8, 4) is 0 Å². The quantitative estimate of drug-likeness (QED) is 0.376. The summed E-state index contributed by atoms with van der Waals surface area (Å²) in [5, 5.41) is 50.1. The van der Waals surface area contributed by atoms with Gasteiger partial charge in [-0.3, -0.25) is 0 Å². The number of fused-ring (bicyclic) bond motifs is 2. The highest BCUT2D eigenvalue weighted by molar-refractivity contribution is 7.09. The number of aliphatic hydroxyl groups excluding tert-OH is 2. The van der Waals surface area contributed by atoms with Crippen molar-refractivity contribution in [2.45, 2.75) is 107 Å². The molecular weight excluding hydrogens is 434 g/mol. The molecule has 0 radical (unpaired) electrons. The topological polar surface area (TPSA) is 121 Å². The second-order valence-corrected chi connectivity index (χ2v) is 10.6. The normalized spacial score (nSPS) is 46.5. The highest BCUT2D eigenvalue weighted by Crippen LogP contribution is 2.49. The third kappa shape index (κ3) is 4.16. The van der Waals surface area contributed by atoms with Gasteiger partial charge in [0.1, 0.15) is 17.8 Å². The summed E-state index contributed by atoms with van der Waals surface area (Å²) in [6.07, 6.45) is -1.49. The molecule has 1 aromatic heterocycles. The van der Waals surface area contributed by atoms with Crippen LogP contribution in [0.4, 0.5) is 0 Å². The van der Waals surface area contributed by atoms with Gasteiger partial charge in [0.25, 0.3) is 0 Å². The number of hydrogen-bond acceptors (Lipinski definition) is 9. The van der Waals surface area contributed by atoms with Crippen molar-refractivity contribution in [2.75, 3.05) is 7.05 Å². The highest BCUT2D eigenvalue weighted by atomic mass is 32.1. The van der Waals surface area contributed by atoms with E-state index in [1.807, 2.05) is 25.3 Å². The number of hydrogen-bond donors (Lipinski definition) is 5. The fourth-order valence-electron chi connectivity index (χ4n) is 5.71. The molecular formula is C23H37NO7S. The van der Waals surface area contributed by atoms with Crippen LogP contribution in [0.15, 0.2) is 17.5 Å². The number of thiophene rings is 1. The van der Waals surface area contributed by atoms with Crippen LogP contribution in [0.2, 0.25) is 0 Å². The second kappa shape index (κ2) is 9.56. The molecule has 0 amide bonds. The molecule has 10 atom stereocenters. The van der Waals surface area contributed by atoms with Gasteiger partial charge in [-0.15, -0.1) is 11.3 Å². The van der Waals surface area contributed by atoms with E-state index in [2.05, 4.69) is 11.4 Å². The number of unbranched alkanes of at least 4 members (excludes halogenated alkanes) is 1. The Kier molecular flexibility index (Phi) is 7.32. The van der Waals surface area contributed by atoms with Gasteiger partial charge in [0.05, 0.1) is 24.4 Å². The van der Waals surface area contributed by atoms with Crippen LogP contribution in [0.3, 0.4) is 0 Å². The lowest BCUT2D eigenvalue weighted by Gasteiger charge is -2.60. The van der Waals surface area contributed by atoms with Gasteiger partial charge in [-0.05, 0) is 51.1 Å². The zero-order chi connectivity index (χ0) is 23.1. The van der Waals surface area contributed by atoms with Gasteiger partial charge in [0.2, 0.25) is 12.1 Å². The van der Waals surface area contributed by atoms with E-state index in [0.29, 0.717) is 19.3 Å². The average molecular weight is 472 g/mol. The Hall–Kier alpha value is -0.620. The van der Waals surface area contributed by atoms with Crippen molar-refractivity contribution in [2.24, 2.45) is 5.92 Å². The summed E-state index contributed by atoms with van der Waals surface area (Å²) in [4.78, 5) is 1.29. The number of aliphatic hydroxyl groups is 4. The van der Waals surface area contributed by atoms with Crippen LogP contribution in [0.1, 0.15) is 50.8 Å². The SMILES string of the molecule is CC[C@@H]1[C@H](O)[C@H](NC)[C@H]2O[C@]3(O)[C@H](O[C@@H]2[C@H]1O)O[C@H](C)C[C@@]3(O)CCCCc1cccs1. The lowest BCUT2D eigenvalue weighted by Crippen LogP contribution is -2.78. The highest BCUT2D eigenvalue weighted by Gasteiger charge is 2.68. The number of aryl methyl sites for hydroxylation is 1. The first-order valence-electron chi connectivity index (χ1n) is 11.7. The third-order valence-electron chi connectivity index (χ3n) is 7.47. The Morgan fingerprint density at radius 3 is 2.59 bits per heavy atom. The molecule has 3 fully saturated rings. The fourth-order valence-corrected chi connectivity index (χ4v) is 6.46. The molecule has 2 saturated heterocycles. The van der Waals surface area contributed by atoms with Gasteiger partial charge in [-0.25, -0.2) is 0 Å². The second-order valence-electron chi connectivity index (χ2n) is 9.55. The van der Waals surface area contributed by atoms with Crippen LogP contribution in [-0.4, -0.2) is 81.7 Å². The minimum Gasteiger partial charge on any atom is -0.391 e. The van der Waals surface area contributed by atoms with Crippen LogP contribution >= 0.6 is 11.3 Å². The molecule has 5 N–H and O–H groups in total. The van der Waals surface area contributed by atoms with Crippen molar-refractivity contribution in [1.82, 2.24) is 5.32 Å². The van der Waals surface area contributed by atoms with E-state index in [9.17, 15) is 20.4 Å². The van der Waals surface area contributed by atoms with Crippen LogP contribution in [0, 0.1) is 5.92 Å². The maximum absolute atomic E-state index is 11.7. The van der Waals surface area contributed by atoms with Crippen LogP contribution in [0.25, 0.3) is 0 Å². The number of rotatable bonds is 7. The monoisotopic (exact) mass is 471 g/mol. The molecule has 182 valence electrons. The molecule has 2 aliphatic heterocycles. The zero-order valence-electron chi connectivity index (χ0n) is 19.0. The summed E-state index contributed by atoms with van der Waals surface area (Å²) in [6, 6.07) is 3.55. The van der Waals surface area contributed by atoms with E-state index >= 15 is 0 Å². The standard InChI is InChI=1S/C23H37NO7S/c1-4-15-17(25)16(24-3)19-20(18(15)26)30-21-23(28,31-19)22(27,12-13(2)29-21)10-6-5-8-14-9-7-11-32-14/h7,9,11,13,15-21,24-28H,4-6,8,10,12H2,1-3H3/t13-,15-,16+,17+,18+,19-,20-,21+,22+,23-/m1/s1. The van der Waals surface area contributed by atoms with Crippen molar-refractivity contribution in [3.63, 3.8) is 0 Å². The van der Waals surface area contributed by atoms with Gasteiger partial charge in [0, 0.05) is 17.2 Å². The maximum Gasteiger partial charge on any atom is 0.248 e. The van der Waals surface area contributed by atoms with Crippen LogP contribution < -0.4 is 5.32 Å². The molecule has 1 saturated carbocycles. The Morgan fingerprint density at radius 1 is 1.16 bits per heavy atom. The van der Waals surface area contributed by atoms with Crippen LogP contribution in [-0.2, 0) is 20.6 Å². The Morgan fingerprint density at radius 2 is 1.94 bits per heavy atom. The minimum absolute atomic E-state index is 0.201. The summed E-state index contributed by atoms with van der Waals surface area (Å²) in [5.41, 5.74) is -1.58. The molecule has 1 aliphatic carbocycles. The minimum atomic E-state index is -2.10. The zero-order valence-corrected chi connectivity index (χ0v) is 19.8. The first-order chi connectivity index (χ1) is 15.2. The van der Waals surface area contributed by atoms with E-state index < -0.39 is 54.1 Å². The molecule has 8 nitrogen and oxygen atoms in total. The van der Waals surface area contributed by atoms with Gasteiger partial charge in [-0.1, -0.05) is 19.4 Å². The van der Waals surface area contributed by atoms with Gasteiger partial charge in [0.15, 0.2) is 0 Å². The summed E-state index contributed by atoms with van der Waals surface area (Å²) in [7, 11) is 1.70. The lowest BCUT2D eigenvalue weighted by molar-refractivity contribution is -0.485. The molecule has 1 aromatic rings. The molecule has 0 spiro atoms. The van der Waals surface area contributed by atoms with E-state index in [1.165, 1.54) is 4.88 Å². The van der Waals surface area contributed by atoms with Crippen molar-refractivity contribution in [1.29, 1.82) is 0 Å². The van der Waals surface area contributed by atoms with Crippen molar-refractivity contribution < 1.29 is 34.6 Å². The first kappa shape index (κ1) is 24.5. The Balaban J connectivity index is 1.53. The van der Waals surface area contributed by atoms with Gasteiger partial charge in [-0.2, -0.15) is 0 Å². The molecule has 9 heteroatoms. The third-order valence-corrected chi connectivity index (χ3v) is 8.41. The predicted molar refractivity (Wildman–Crippen MR) is 119 cm³/mol. The van der Waals surface area contributed by atoms with Crippen molar-refractivity contribution in [3.05, 3.63) is 22.4 Å². The van der Waals surface area contributed by atoms with Gasteiger partial charge >= 0.3 is 0 Å². The molecule has 0 bridgehead atoms. The summed E-state index contributed by atoms with van der Waals surface area (Å²) < 4.78 is 18.1. The lowest BCUT2D eigenvalue weighted by atomic mass is 9.73. The van der Waals surface area contributed by atoms with E-state index in [4.69, 9.17) is 14.2 Å². The Labute approximate surface area is 193 Å². The molecule has 4 rings (SSSR count). The summed E-state index contributed by atoms with van der Waals surface area (Å²) in [5.74, 6) is -2.50. The molecule has 0 aromatic carbocycles. The predicted octanol–water partition coefficient (Wildman–Crippen LogP) is 1.15. The van der Waals surface area contributed by atoms with Crippen molar-refractivity contribution >= 4 is 11.3 Å². The van der Waals surface area contributed by atoms with E-state index in [0.717, 1.165) is 12.8 Å². The molecule has 3 heterocycles. The summed E-state index contributed by atoms with van der Waals surface area (Å²) >= 11 is 1.71. The molecule has 0 unspecified atom stereocenters. The first-order valence-corrected chi connectivity index (χ1v) is 12.6. The van der Waals surface area contributed by atoms with E-state index in [-0.39, 0.29) is 12.5 Å². The van der Waals surface area contributed by atoms with Crippen LogP contribution in [0.5, 0.6) is 0 Å².